The standard InChI is InChI=1S/C15H13ClINO4S/c1-10(15(19)20)18(14-5-3-2-4-13(14)17)23(21,22)12-8-6-11(16)7-9-12/h2-10H,1H3,(H,19,20). The predicted molar refractivity (Wildman–Crippen MR) is 97.4 cm³/mol. The molecule has 0 bridgehead atoms. The van der Waals surface area contributed by atoms with Gasteiger partial charge in [-0.3, -0.25) is 4.31 Å². The average molecular weight is 466 g/mol. The van der Waals surface area contributed by atoms with Crippen molar-refractivity contribution in [2.75, 3.05) is 4.31 Å². The lowest BCUT2D eigenvalue weighted by Gasteiger charge is -2.28. The van der Waals surface area contributed by atoms with E-state index in [1.165, 1.54) is 31.2 Å². The van der Waals surface area contributed by atoms with Gasteiger partial charge in [0, 0.05) is 8.59 Å². The summed E-state index contributed by atoms with van der Waals surface area (Å²) in [5, 5.41) is 9.73. The van der Waals surface area contributed by atoms with Gasteiger partial charge in [0.05, 0.1) is 10.6 Å². The first-order chi connectivity index (χ1) is 10.7. The molecule has 23 heavy (non-hydrogen) atoms. The molecule has 5 nitrogen and oxygen atoms in total. The highest BCUT2D eigenvalue weighted by Gasteiger charge is 2.34. The molecule has 1 unspecified atom stereocenters. The highest BCUT2D eigenvalue weighted by atomic mass is 127. The van der Waals surface area contributed by atoms with Crippen LogP contribution in [0.2, 0.25) is 5.02 Å². The molecule has 0 aliphatic heterocycles. The molecule has 0 radical (unpaired) electrons. The molecule has 0 heterocycles. The molecule has 0 aromatic heterocycles. The van der Waals surface area contributed by atoms with E-state index in [-0.39, 0.29) is 4.90 Å². The zero-order chi connectivity index (χ0) is 17.2. The van der Waals surface area contributed by atoms with Gasteiger partial charge in [-0.15, -0.1) is 0 Å². The number of benzene rings is 2. The van der Waals surface area contributed by atoms with E-state index in [1.54, 1.807) is 24.3 Å². The number of carbonyl (C=O) groups is 1. The molecular weight excluding hydrogens is 453 g/mol. The predicted octanol–water partition coefficient (Wildman–Crippen LogP) is 3.61. The number of carboxylic acid groups (broad SMARTS) is 1. The molecule has 0 spiro atoms. The first kappa shape index (κ1) is 18.0. The molecule has 2 aromatic carbocycles. The number of carboxylic acids is 1. The summed E-state index contributed by atoms with van der Waals surface area (Å²) in [5.41, 5.74) is 0.318. The summed E-state index contributed by atoms with van der Waals surface area (Å²) >= 11 is 7.77. The number of sulfonamides is 1. The van der Waals surface area contributed by atoms with Gasteiger partial charge in [0.2, 0.25) is 0 Å². The van der Waals surface area contributed by atoms with Gasteiger partial charge in [0.15, 0.2) is 0 Å². The summed E-state index contributed by atoms with van der Waals surface area (Å²) in [7, 11) is -4.05. The Balaban J connectivity index is 2.64. The molecule has 2 aromatic rings. The van der Waals surface area contributed by atoms with Crippen LogP contribution in [0.25, 0.3) is 0 Å². The molecule has 0 fully saturated rings. The summed E-state index contributed by atoms with van der Waals surface area (Å²) in [4.78, 5) is 11.4. The minimum absolute atomic E-state index is 0.0188. The van der Waals surface area contributed by atoms with Crippen LogP contribution in [0.5, 0.6) is 0 Å². The second-order valence-electron chi connectivity index (χ2n) is 4.72. The minimum atomic E-state index is -4.05. The molecule has 0 saturated carbocycles. The smallest absolute Gasteiger partial charge is 0.327 e. The van der Waals surface area contributed by atoms with Crippen molar-refractivity contribution in [1.29, 1.82) is 0 Å². The fourth-order valence-electron chi connectivity index (χ4n) is 2.00. The fourth-order valence-corrected chi connectivity index (χ4v) is 4.57. The maximum absolute atomic E-state index is 13.0. The number of anilines is 1. The third-order valence-corrected chi connectivity index (χ3v) is 6.23. The van der Waals surface area contributed by atoms with Crippen LogP contribution >= 0.6 is 34.2 Å². The van der Waals surface area contributed by atoms with E-state index in [2.05, 4.69) is 0 Å². The van der Waals surface area contributed by atoms with Crippen LogP contribution in [0.4, 0.5) is 5.69 Å². The second-order valence-corrected chi connectivity index (χ2v) is 8.13. The van der Waals surface area contributed by atoms with Crippen molar-refractivity contribution in [2.24, 2.45) is 0 Å². The molecule has 1 atom stereocenters. The van der Waals surface area contributed by atoms with E-state index < -0.39 is 22.0 Å². The van der Waals surface area contributed by atoms with Gasteiger partial charge in [0.1, 0.15) is 6.04 Å². The molecule has 0 aliphatic rings. The van der Waals surface area contributed by atoms with E-state index in [4.69, 9.17) is 11.6 Å². The molecular formula is C15H13ClINO4S. The van der Waals surface area contributed by atoms with Crippen molar-refractivity contribution in [2.45, 2.75) is 17.9 Å². The summed E-state index contributed by atoms with van der Waals surface area (Å²) in [6.07, 6.45) is 0. The van der Waals surface area contributed by atoms with Crippen LogP contribution in [-0.2, 0) is 14.8 Å². The highest BCUT2D eigenvalue weighted by Crippen LogP contribution is 2.30. The lowest BCUT2D eigenvalue weighted by Crippen LogP contribution is -2.43. The number of rotatable bonds is 5. The number of para-hydroxylation sites is 1. The molecule has 2 rings (SSSR count). The number of hydrogen-bond acceptors (Lipinski definition) is 3. The van der Waals surface area contributed by atoms with Crippen molar-refractivity contribution in [3.05, 3.63) is 57.1 Å². The Morgan fingerprint density at radius 3 is 2.26 bits per heavy atom. The number of halogens is 2. The van der Waals surface area contributed by atoms with Crippen molar-refractivity contribution in [3.8, 4) is 0 Å². The topological polar surface area (TPSA) is 74.7 Å². The Morgan fingerprint density at radius 1 is 1.17 bits per heavy atom. The monoisotopic (exact) mass is 465 g/mol. The Hall–Kier alpha value is -1.32. The van der Waals surface area contributed by atoms with Crippen LogP contribution in [0.1, 0.15) is 6.92 Å². The second kappa shape index (κ2) is 7.06. The first-order valence-electron chi connectivity index (χ1n) is 6.52. The quantitative estimate of drug-likeness (QED) is 0.685. The summed E-state index contributed by atoms with van der Waals surface area (Å²) in [5.74, 6) is -1.23. The van der Waals surface area contributed by atoms with Gasteiger partial charge < -0.3 is 5.11 Å². The summed E-state index contributed by atoms with van der Waals surface area (Å²) in [6.45, 7) is 1.33. The van der Waals surface area contributed by atoms with E-state index in [1.807, 2.05) is 22.6 Å². The van der Waals surface area contributed by atoms with E-state index in [0.29, 0.717) is 14.3 Å². The Morgan fingerprint density at radius 2 is 1.74 bits per heavy atom. The lowest BCUT2D eigenvalue weighted by molar-refractivity contribution is -0.137. The Labute approximate surface area is 153 Å². The fraction of sp³-hybridized carbons (Fsp3) is 0.133. The Kier molecular flexibility index (Phi) is 5.53. The highest BCUT2D eigenvalue weighted by molar-refractivity contribution is 14.1. The van der Waals surface area contributed by atoms with Crippen molar-refractivity contribution < 1.29 is 18.3 Å². The number of nitrogens with zero attached hydrogens (tertiary/aromatic N) is 1. The van der Waals surface area contributed by atoms with Crippen LogP contribution in [-0.4, -0.2) is 25.5 Å². The van der Waals surface area contributed by atoms with Gasteiger partial charge in [-0.1, -0.05) is 23.7 Å². The third-order valence-electron chi connectivity index (χ3n) is 3.17. The zero-order valence-electron chi connectivity index (χ0n) is 12.0. The van der Waals surface area contributed by atoms with Gasteiger partial charge in [-0.2, -0.15) is 0 Å². The number of hydrogen-bond donors (Lipinski definition) is 1. The van der Waals surface area contributed by atoms with Crippen molar-refractivity contribution in [1.82, 2.24) is 0 Å². The van der Waals surface area contributed by atoms with E-state index in [9.17, 15) is 18.3 Å². The zero-order valence-corrected chi connectivity index (χ0v) is 15.7. The van der Waals surface area contributed by atoms with E-state index >= 15 is 0 Å². The van der Waals surface area contributed by atoms with Crippen LogP contribution in [0.3, 0.4) is 0 Å². The summed E-state index contributed by atoms with van der Waals surface area (Å²) in [6, 6.07) is 11.1. The normalized spacial score (nSPS) is 12.7. The molecule has 122 valence electrons. The largest absolute Gasteiger partial charge is 0.480 e. The molecule has 8 heteroatoms. The minimum Gasteiger partial charge on any atom is -0.480 e. The molecule has 1 N–H and O–H groups in total. The molecule has 0 amide bonds. The first-order valence-corrected chi connectivity index (χ1v) is 9.42. The van der Waals surface area contributed by atoms with Gasteiger partial charge in [-0.25, -0.2) is 13.2 Å². The van der Waals surface area contributed by atoms with E-state index in [0.717, 1.165) is 4.31 Å². The number of aliphatic carboxylic acids is 1. The van der Waals surface area contributed by atoms with Crippen molar-refractivity contribution >= 4 is 55.9 Å². The lowest BCUT2D eigenvalue weighted by atomic mass is 10.2. The third kappa shape index (κ3) is 3.78. The molecule has 0 saturated heterocycles. The average Bonchev–Trinajstić information content (AvgIpc) is 2.49. The van der Waals surface area contributed by atoms with Crippen LogP contribution in [0, 0.1) is 3.57 Å². The Bertz CT molecular complexity index is 824. The van der Waals surface area contributed by atoms with Crippen LogP contribution in [0.15, 0.2) is 53.4 Å². The maximum atomic E-state index is 13.0. The maximum Gasteiger partial charge on any atom is 0.327 e. The summed E-state index contributed by atoms with van der Waals surface area (Å²) < 4.78 is 27.5. The SMILES string of the molecule is CC(C(=O)O)N(c1ccccc1I)S(=O)(=O)c1ccc(Cl)cc1. The van der Waals surface area contributed by atoms with Gasteiger partial charge in [-0.05, 0) is 65.9 Å². The van der Waals surface area contributed by atoms with Crippen LogP contribution < -0.4 is 4.31 Å². The van der Waals surface area contributed by atoms with Gasteiger partial charge in [0.25, 0.3) is 10.0 Å². The molecule has 0 aliphatic carbocycles. The van der Waals surface area contributed by atoms with Crippen molar-refractivity contribution in [3.63, 3.8) is 0 Å². The van der Waals surface area contributed by atoms with Gasteiger partial charge >= 0.3 is 5.97 Å².